The Balaban J connectivity index is 2.14. The zero-order chi connectivity index (χ0) is 13.8. The molecular weight excluding hydrogens is 261 g/mol. The molecule has 19 heavy (non-hydrogen) atoms. The van der Waals surface area contributed by atoms with E-state index in [-0.39, 0.29) is 5.82 Å². The molecule has 0 saturated heterocycles. The van der Waals surface area contributed by atoms with Crippen molar-refractivity contribution >= 4 is 12.2 Å². The molecule has 0 aliphatic carbocycles. The van der Waals surface area contributed by atoms with Crippen LogP contribution in [0.3, 0.4) is 0 Å². The van der Waals surface area contributed by atoms with Crippen LogP contribution in [0.5, 0.6) is 0 Å². The summed E-state index contributed by atoms with van der Waals surface area (Å²) >= 11 is 5.24. The fourth-order valence-corrected chi connectivity index (χ4v) is 2.41. The Hall–Kier alpha value is -1.49. The second-order valence-electron chi connectivity index (χ2n) is 4.67. The molecule has 0 saturated carbocycles. The van der Waals surface area contributed by atoms with Crippen molar-refractivity contribution in [3.05, 3.63) is 45.7 Å². The number of rotatable bonds is 5. The van der Waals surface area contributed by atoms with Crippen LogP contribution in [0.4, 0.5) is 4.39 Å². The topological polar surface area (TPSA) is 33.6 Å². The molecule has 2 rings (SSSR count). The Morgan fingerprint density at radius 3 is 2.84 bits per heavy atom. The molecule has 0 amide bonds. The van der Waals surface area contributed by atoms with Gasteiger partial charge in [-0.15, -0.1) is 0 Å². The van der Waals surface area contributed by atoms with Gasteiger partial charge in [0.25, 0.3) is 0 Å². The molecule has 0 aliphatic heterocycles. The molecule has 0 radical (unpaired) electrons. The van der Waals surface area contributed by atoms with Crippen LogP contribution < -0.4 is 0 Å². The Kier molecular flexibility index (Phi) is 4.47. The van der Waals surface area contributed by atoms with Crippen molar-refractivity contribution in [1.82, 2.24) is 14.8 Å². The summed E-state index contributed by atoms with van der Waals surface area (Å²) in [6, 6.07) is 4.91. The van der Waals surface area contributed by atoms with Crippen molar-refractivity contribution in [1.29, 1.82) is 0 Å². The first-order valence-electron chi connectivity index (χ1n) is 6.51. The van der Waals surface area contributed by atoms with Crippen molar-refractivity contribution in [2.75, 3.05) is 0 Å². The molecule has 2 aromatic rings. The highest BCUT2D eigenvalue weighted by atomic mass is 32.1. The van der Waals surface area contributed by atoms with Gasteiger partial charge in [0.2, 0.25) is 0 Å². The predicted molar refractivity (Wildman–Crippen MR) is 76.2 cm³/mol. The molecule has 1 N–H and O–H groups in total. The van der Waals surface area contributed by atoms with Gasteiger partial charge in [-0.2, -0.15) is 5.10 Å². The monoisotopic (exact) mass is 279 g/mol. The first-order chi connectivity index (χ1) is 9.11. The quantitative estimate of drug-likeness (QED) is 0.849. The van der Waals surface area contributed by atoms with E-state index in [0.29, 0.717) is 4.77 Å². The highest BCUT2D eigenvalue weighted by Crippen LogP contribution is 2.12. The molecule has 5 heteroatoms. The van der Waals surface area contributed by atoms with Crippen LogP contribution in [0.15, 0.2) is 18.2 Å². The Labute approximate surface area is 117 Å². The van der Waals surface area contributed by atoms with Crippen LogP contribution in [0, 0.1) is 17.5 Å². The summed E-state index contributed by atoms with van der Waals surface area (Å²) in [5, 5.41) is 7.08. The number of aryl methyl sites for hydroxylation is 3. The van der Waals surface area contributed by atoms with Crippen LogP contribution in [0.25, 0.3) is 0 Å². The molecule has 0 fully saturated rings. The fourth-order valence-electron chi connectivity index (χ4n) is 2.17. The van der Waals surface area contributed by atoms with E-state index in [1.165, 1.54) is 6.07 Å². The molecule has 0 unspecified atom stereocenters. The van der Waals surface area contributed by atoms with Gasteiger partial charge >= 0.3 is 0 Å². The van der Waals surface area contributed by atoms with Crippen molar-refractivity contribution < 1.29 is 4.39 Å². The lowest BCUT2D eigenvalue weighted by atomic mass is 10.1. The second kappa shape index (κ2) is 6.10. The van der Waals surface area contributed by atoms with Gasteiger partial charge in [0.05, 0.1) is 0 Å². The Morgan fingerprint density at radius 2 is 2.16 bits per heavy atom. The second-order valence-corrected chi connectivity index (χ2v) is 5.05. The van der Waals surface area contributed by atoms with Crippen molar-refractivity contribution in [2.45, 2.75) is 39.7 Å². The SMILES string of the molecule is CCCc1n[nH]c(=S)n1CCc1ccc(F)cc1C. The highest BCUT2D eigenvalue weighted by Gasteiger charge is 2.06. The van der Waals surface area contributed by atoms with E-state index in [9.17, 15) is 4.39 Å². The predicted octanol–water partition coefficient (Wildman–Crippen LogP) is 3.58. The Bertz CT molecular complexity index is 615. The maximum Gasteiger partial charge on any atom is 0.195 e. The zero-order valence-corrected chi connectivity index (χ0v) is 12.1. The van der Waals surface area contributed by atoms with Gasteiger partial charge in [-0.25, -0.2) is 4.39 Å². The molecule has 3 nitrogen and oxygen atoms in total. The number of hydrogen-bond donors (Lipinski definition) is 1. The molecule has 102 valence electrons. The maximum absolute atomic E-state index is 13.1. The molecular formula is C14H18FN3S. The first kappa shape index (κ1) is 13.9. The van der Waals surface area contributed by atoms with E-state index in [4.69, 9.17) is 12.2 Å². The summed E-state index contributed by atoms with van der Waals surface area (Å²) in [6.45, 7) is 4.82. The highest BCUT2D eigenvalue weighted by molar-refractivity contribution is 7.71. The largest absolute Gasteiger partial charge is 0.304 e. The third kappa shape index (κ3) is 3.29. The van der Waals surface area contributed by atoms with E-state index in [2.05, 4.69) is 17.1 Å². The third-order valence-electron chi connectivity index (χ3n) is 3.22. The van der Waals surface area contributed by atoms with Gasteiger partial charge < -0.3 is 4.57 Å². The van der Waals surface area contributed by atoms with Crippen molar-refractivity contribution in [2.24, 2.45) is 0 Å². The van der Waals surface area contributed by atoms with Crippen LogP contribution in [0.2, 0.25) is 0 Å². The molecule has 0 atom stereocenters. The number of benzene rings is 1. The number of nitrogens with zero attached hydrogens (tertiary/aromatic N) is 2. The Morgan fingerprint density at radius 1 is 1.37 bits per heavy atom. The van der Waals surface area contributed by atoms with E-state index >= 15 is 0 Å². The van der Waals surface area contributed by atoms with Gasteiger partial charge in [0.1, 0.15) is 11.6 Å². The summed E-state index contributed by atoms with van der Waals surface area (Å²) in [4.78, 5) is 0. The molecule has 0 spiro atoms. The minimum Gasteiger partial charge on any atom is -0.304 e. The minimum absolute atomic E-state index is 0.187. The molecule has 1 aromatic heterocycles. The van der Waals surface area contributed by atoms with Crippen LogP contribution >= 0.6 is 12.2 Å². The number of H-pyrrole nitrogens is 1. The summed E-state index contributed by atoms with van der Waals surface area (Å²) in [7, 11) is 0. The smallest absolute Gasteiger partial charge is 0.195 e. The standard InChI is InChI=1S/C14H18FN3S/c1-3-4-13-16-17-14(19)18(13)8-7-11-5-6-12(15)9-10(11)2/h5-6,9H,3-4,7-8H2,1-2H3,(H,17,19). The minimum atomic E-state index is -0.187. The lowest BCUT2D eigenvalue weighted by Gasteiger charge is -2.08. The average Bonchev–Trinajstić information content (AvgIpc) is 2.70. The molecule has 0 bridgehead atoms. The van der Waals surface area contributed by atoms with Crippen LogP contribution in [0.1, 0.15) is 30.3 Å². The zero-order valence-electron chi connectivity index (χ0n) is 11.2. The van der Waals surface area contributed by atoms with E-state index in [1.54, 1.807) is 6.07 Å². The van der Waals surface area contributed by atoms with Crippen molar-refractivity contribution in [3.63, 3.8) is 0 Å². The molecule has 1 heterocycles. The van der Waals surface area contributed by atoms with E-state index < -0.39 is 0 Å². The van der Waals surface area contributed by atoms with Crippen molar-refractivity contribution in [3.8, 4) is 0 Å². The summed E-state index contributed by atoms with van der Waals surface area (Å²) in [5.41, 5.74) is 2.12. The van der Waals surface area contributed by atoms with E-state index in [0.717, 1.165) is 42.8 Å². The van der Waals surface area contributed by atoms with Crippen LogP contribution in [-0.4, -0.2) is 14.8 Å². The molecule has 0 aliphatic rings. The lowest BCUT2D eigenvalue weighted by molar-refractivity contribution is 0.618. The van der Waals surface area contributed by atoms with Gasteiger partial charge in [-0.1, -0.05) is 13.0 Å². The molecule has 1 aromatic carbocycles. The number of nitrogens with one attached hydrogen (secondary N) is 1. The van der Waals surface area contributed by atoms with E-state index in [1.807, 2.05) is 17.6 Å². The third-order valence-corrected chi connectivity index (χ3v) is 3.53. The number of aromatic nitrogens is 3. The summed E-state index contributed by atoms with van der Waals surface area (Å²) < 4.78 is 15.7. The van der Waals surface area contributed by atoms with Gasteiger partial charge in [-0.3, -0.25) is 5.10 Å². The lowest BCUT2D eigenvalue weighted by Crippen LogP contribution is -2.07. The first-order valence-corrected chi connectivity index (χ1v) is 6.91. The number of hydrogen-bond acceptors (Lipinski definition) is 2. The van der Waals surface area contributed by atoms with Crippen LogP contribution in [-0.2, 0) is 19.4 Å². The summed E-state index contributed by atoms with van der Waals surface area (Å²) in [6.07, 6.45) is 2.78. The average molecular weight is 279 g/mol. The number of halogens is 1. The normalized spacial score (nSPS) is 10.9. The maximum atomic E-state index is 13.1. The summed E-state index contributed by atoms with van der Waals surface area (Å²) in [5.74, 6) is 0.806. The number of aromatic amines is 1. The van der Waals surface area contributed by atoms with Gasteiger partial charge in [0.15, 0.2) is 4.77 Å². The van der Waals surface area contributed by atoms with Gasteiger partial charge in [-0.05, 0) is 55.2 Å². The van der Waals surface area contributed by atoms with Gasteiger partial charge in [0, 0.05) is 13.0 Å². The fraction of sp³-hybridized carbons (Fsp3) is 0.429.